The van der Waals surface area contributed by atoms with Gasteiger partial charge in [-0.3, -0.25) is 0 Å². The van der Waals surface area contributed by atoms with E-state index in [1.807, 2.05) is 42.5 Å². The number of nitrogens with zero attached hydrogens (tertiary/aromatic N) is 3. The molecule has 10 aromatic rings. The molecule has 4 nitrogen and oxygen atoms in total. The van der Waals surface area contributed by atoms with E-state index in [4.69, 9.17) is 19.4 Å². The van der Waals surface area contributed by atoms with E-state index < -0.39 is 0 Å². The maximum Gasteiger partial charge on any atom is 0.164 e. The Hall–Kier alpha value is -7.43. The van der Waals surface area contributed by atoms with Gasteiger partial charge in [-0.15, -0.1) is 0 Å². The molecule has 0 saturated heterocycles. The smallest absolute Gasteiger partial charge is 0.164 e. The fourth-order valence-corrected chi connectivity index (χ4v) is 8.79. The fourth-order valence-electron chi connectivity index (χ4n) is 8.79. The Morgan fingerprint density at radius 3 is 1.55 bits per heavy atom. The highest BCUT2D eigenvalue weighted by molar-refractivity contribution is 6.13. The normalized spacial score (nSPS) is 12.8. The second kappa shape index (κ2) is 13.4. The summed E-state index contributed by atoms with van der Waals surface area (Å²) in [5.41, 5.74) is 16.5. The first-order valence-electron chi connectivity index (χ1n) is 19.8. The zero-order valence-corrected chi connectivity index (χ0v) is 32.1. The van der Waals surface area contributed by atoms with Gasteiger partial charge in [-0.2, -0.15) is 0 Å². The lowest BCUT2D eigenvalue weighted by Crippen LogP contribution is -2.14. The van der Waals surface area contributed by atoms with Gasteiger partial charge in [-0.05, 0) is 92.0 Å². The summed E-state index contributed by atoms with van der Waals surface area (Å²) in [6.45, 7) is 4.63. The average Bonchev–Trinajstić information content (AvgIpc) is 3.78. The van der Waals surface area contributed by atoms with Crippen molar-refractivity contribution in [3.63, 3.8) is 0 Å². The Morgan fingerprint density at radius 2 is 0.845 bits per heavy atom. The van der Waals surface area contributed by atoms with Gasteiger partial charge in [0.2, 0.25) is 0 Å². The van der Waals surface area contributed by atoms with E-state index in [1.165, 1.54) is 33.4 Å². The van der Waals surface area contributed by atoms with Gasteiger partial charge in [0.05, 0.1) is 0 Å². The van der Waals surface area contributed by atoms with Gasteiger partial charge in [0.1, 0.15) is 11.2 Å². The molecule has 1 aliphatic carbocycles. The monoisotopic (exact) mass is 743 g/mol. The summed E-state index contributed by atoms with van der Waals surface area (Å²) < 4.78 is 6.48. The van der Waals surface area contributed by atoms with Gasteiger partial charge < -0.3 is 4.42 Å². The predicted molar refractivity (Wildman–Crippen MR) is 237 cm³/mol. The van der Waals surface area contributed by atoms with Crippen LogP contribution in [0.1, 0.15) is 25.0 Å². The van der Waals surface area contributed by atoms with Crippen LogP contribution in [0, 0.1) is 0 Å². The zero-order chi connectivity index (χ0) is 38.8. The minimum Gasteiger partial charge on any atom is -0.456 e. The Labute approximate surface area is 337 Å². The number of rotatable bonds is 6. The van der Waals surface area contributed by atoms with E-state index in [2.05, 4.69) is 159 Å². The number of benzene rings is 8. The van der Waals surface area contributed by atoms with Crippen LogP contribution >= 0.6 is 0 Å². The molecule has 11 rings (SSSR count). The van der Waals surface area contributed by atoms with E-state index in [1.54, 1.807) is 0 Å². The fraction of sp³-hybridized carbons (Fsp3) is 0.0556. The average molecular weight is 744 g/mol. The highest BCUT2D eigenvalue weighted by Gasteiger charge is 2.35. The van der Waals surface area contributed by atoms with Crippen molar-refractivity contribution in [1.82, 2.24) is 15.0 Å². The lowest BCUT2D eigenvalue weighted by Gasteiger charge is -2.21. The zero-order valence-electron chi connectivity index (χ0n) is 32.1. The molecule has 2 heterocycles. The van der Waals surface area contributed by atoms with Crippen molar-refractivity contribution in [3.8, 4) is 78.7 Å². The van der Waals surface area contributed by atoms with Crippen LogP contribution in [0.5, 0.6) is 0 Å². The van der Waals surface area contributed by atoms with Crippen LogP contribution in [-0.2, 0) is 5.41 Å². The van der Waals surface area contributed by atoms with Crippen molar-refractivity contribution >= 4 is 21.9 Å². The molecule has 0 unspecified atom stereocenters. The van der Waals surface area contributed by atoms with Crippen molar-refractivity contribution in [2.75, 3.05) is 0 Å². The molecule has 0 amide bonds. The molecule has 58 heavy (non-hydrogen) atoms. The largest absolute Gasteiger partial charge is 0.456 e. The minimum atomic E-state index is -0.0362. The molecule has 274 valence electrons. The van der Waals surface area contributed by atoms with Crippen LogP contribution in [0.3, 0.4) is 0 Å². The summed E-state index contributed by atoms with van der Waals surface area (Å²) in [5.74, 6) is 1.87. The number of hydrogen-bond acceptors (Lipinski definition) is 4. The first-order chi connectivity index (χ1) is 28.5. The van der Waals surface area contributed by atoms with Crippen molar-refractivity contribution < 1.29 is 4.42 Å². The lowest BCUT2D eigenvalue weighted by molar-refractivity contribution is 0.660. The molecule has 0 bridgehead atoms. The van der Waals surface area contributed by atoms with Gasteiger partial charge in [-0.25, -0.2) is 15.0 Å². The molecule has 2 aromatic heterocycles. The summed E-state index contributed by atoms with van der Waals surface area (Å²) in [6, 6.07) is 66.1. The van der Waals surface area contributed by atoms with Crippen molar-refractivity contribution in [2.45, 2.75) is 19.3 Å². The molecule has 4 heteroatoms. The quantitative estimate of drug-likeness (QED) is 0.170. The van der Waals surface area contributed by atoms with E-state index in [0.717, 1.165) is 60.9 Å². The second-order valence-electron chi connectivity index (χ2n) is 15.6. The van der Waals surface area contributed by atoms with Crippen LogP contribution in [0.4, 0.5) is 0 Å². The van der Waals surface area contributed by atoms with Crippen LogP contribution < -0.4 is 0 Å². The Kier molecular flexibility index (Phi) is 7.80. The van der Waals surface area contributed by atoms with E-state index in [0.29, 0.717) is 17.5 Å². The van der Waals surface area contributed by atoms with Crippen molar-refractivity contribution in [3.05, 3.63) is 199 Å². The summed E-state index contributed by atoms with van der Waals surface area (Å²) in [7, 11) is 0. The van der Waals surface area contributed by atoms with Crippen LogP contribution in [0.25, 0.3) is 101 Å². The van der Waals surface area contributed by atoms with Crippen LogP contribution in [0.15, 0.2) is 192 Å². The molecular formula is C54H37N3O. The summed E-state index contributed by atoms with van der Waals surface area (Å²) >= 11 is 0. The summed E-state index contributed by atoms with van der Waals surface area (Å²) in [6.07, 6.45) is 0. The lowest BCUT2D eigenvalue weighted by atomic mass is 9.82. The maximum atomic E-state index is 6.48. The Morgan fingerprint density at radius 1 is 0.345 bits per heavy atom. The predicted octanol–water partition coefficient (Wildman–Crippen LogP) is 14.1. The van der Waals surface area contributed by atoms with Crippen molar-refractivity contribution in [2.24, 2.45) is 0 Å². The minimum absolute atomic E-state index is 0.0362. The third-order valence-electron chi connectivity index (χ3n) is 11.7. The topological polar surface area (TPSA) is 51.8 Å². The molecule has 0 fully saturated rings. The van der Waals surface area contributed by atoms with Gasteiger partial charge in [-0.1, -0.05) is 166 Å². The highest BCUT2D eigenvalue weighted by Crippen LogP contribution is 2.49. The first-order valence-corrected chi connectivity index (χ1v) is 19.8. The van der Waals surface area contributed by atoms with E-state index in [9.17, 15) is 0 Å². The second-order valence-corrected chi connectivity index (χ2v) is 15.6. The summed E-state index contributed by atoms with van der Waals surface area (Å²) in [5, 5.41) is 2.23. The maximum absolute atomic E-state index is 6.48. The standard InChI is InChI=1S/C54H37N3O/c1-54(2)46-24-10-9-22-43(46)45-32-38(27-29-47(45)54)36-18-11-20-40(30-36)52-55-51(35-16-7-4-8-17-35)56-53(57-52)41-21-12-19-37(31-41)39-26-28-44-49(33-39)58-48-25-13-23-42(50(44)48)34-14-5-3-6-15-34/h3-33H,1-2H3. The van der Waals surface area contributed by atoms with Gasteiger partial charge in [0.15, 0.2) is 17.5 Å². The van der Waals surface area contributed by atoms with Crippen LogP contribution in [-0.4, -0.2) is 15.0 Å². The molecule has 0 aliphatic heterocycles. The molecule has 8 aromatic carbocycles. The SMILES string of the molecule is CC1(C)c2ccccc2-c2cc(-c3cccc(-c4nc(-c5ccccc5)nc(-c5cccc(-c6ccc7c(c6)oc6cccc(-c8ccccc8)c67)c5)n4)c3)ccc21. The Bertz CT molecular complexity index is 3200. The Balaban J connectivity index is 0.989. The number of hydrogen-bond donors (Lipinski definition) is 0. The molecule has 0 saturated carbocycles. The number of fused-ring (bicyclic) bond motifs is 6. The van der Waals surface area contributed by atoms with E-state index >= 15 is 0 Å². The molecular weight excluding hydrogens is 707 g/mol. The molecule has 1 aliphatic rings. The third-order valence-corrected chi connectivity index (χ3v) is 11.7. The van der Waals surface area contributed by atoms with Gasteiger partial charge in [0.25, 0.3) is 0 Å². The molecule has 0 N–H and O–H groups in total. The number of furan rings is 1. The molecule has 0 spiro atoms. The highest BCUT2D eigenvalue weighted by atomic mass is 16.3. The van der Waals surface area contributed by atoms with Gasteiger partial charge in [0, 0.05) is 32.9 Å². The van der Waals surface area contributed by atoms with E-state index in [-0.39, 0.29) is 5.41 Å². The molecule has 0 atom stereocenters. The van der Waals surface area contributed by atoms with Crippen LogP contribution in [0.2, 0.25) is 0 Å². The first kappa shape index (κ1) is 33.9. The summed E-state index contributed by atoms with van der Waals surface area (Å²) in [4.78, 5) is 15.3. The molecule has 0 radical (unpaired) electrons. The third kappa shape index (κ3) is 5.64. The van der Waals surface area contributed by atoms with Crippen molar-refractivity contribution in [1.29, 1.82) is 0 Å². The number of aromatic nitrogens is 3. The van der Waals surface area contributed by atoms with Gasteiger partial charge >= 0.3 is 0 Å².